The van der Waals surface area contributed by atoms with Crippen molar-refractivity contribution >= 4 is 29.1 Å². The number of likely N-dealkylation sites (tertiary alicyclic amines) is 1. The molecule has 2 aromatic carbocycles. The summed E-state index contributed by atoms with van der Waals surface area (Å²) in [6.07, 6.45) is 0.483. The number of methoxy groups -OCH3 is 1. The van der Waals surface area contributed by atoms with Crippen LogP contribution in [-0.2, 0) is 14.3 Å². The highest BCUT2D eigenvalue weighted by atomic mass is 35.5. The number of amides is 1. The van der Waals surface area contributed by atoms with Crippen molar-refractivity contribution in [2.75, 3.05) is 33.5 Å². The lowest BCUT2D eigenvalue weighted by atomic mass is 9.94. The minimum Gasteiger partial charge on any atom is -0.507 e. The van der Waals surface area contributed by atoms with Gasteiger partial charge in [0.1, 0.15) is 11.5 Å². The number of carbonyl (C=O) groups is 2. The Morgan fingerprint density at radius 3 is 2.50 bits per heavy atom. The zero-order valence-electron chi connectivity index (χ0n) is 19.3. The van der Waals surface area contributed by atoms with Crippen LogP contribution in [0.2, 0.25) is 5.02 Å². The van der Waals surface area contributed by atoms with Crippen LogP contribution in [0.4, 0.5) is 0 Å². The van der Waals surface area contributed by atoms with Crippen molar-refractivity contribution in [2.24, 2.45) is 0 Å². The van der Waals surface area contributed by atoms with Crippen LogP contribution in [0.3, 0.4) is 0 Å². The van der Waals surface area contributed by atoms with Gasteiger partial charge in [0.25, 0.3) is 11.7 Å². The highest BCUT2D eigenvalue weighted by Crippen LogP contribution is 2.43. The number of aromatic hydroxyl groups is 1. The predicted octanol–water partition coefficient (Wildman–Crippen LogP) is 4.30. The number of aliphatic hydroxyl groups is 1. The molecule has 1 saturated heterocycles. The van der Waals surface area contributed by atoms with E-state index in [0.29, 0.717) is 37.6 Å². The number of phenols is 1. The van der Waals surface area contributed by atoms with Gasteiger partial charge in [0.2, 0.25) is 0 Å². The van der Waals surface area contributed by atoms with Crippen LogP contribution in [0.1, 0.15) is 37.4 Å². The van der Waals surface area contributed by atoms with E-state index in [9.17, 15) is 19.8 Å². The Kier molecular flexibility index (Phi) is 8.41. The molecular formula is C25H28ClNO7. The van der Waals surface area contributed by atoms with Gasteiger partial charge in [-0.2, -0.15) is 0 Å². The van der Waals surface area contributed by atoms with Crippen LogP contribution < -0.4 is 9.47 Å². The van der Waals surface area contributed by atoms with E-state index in [1.54, 1.807) is 38.3 Å². The standard InChI is InChI=1S/C25H28ClNO7/c1-4-33-16-8-9-18(26)17(14-16)23(29)21-22(15-7-10-19(28)20(13-15)34-5-2)27(11-6-12-32-3)25(31)24(21)30/h7-10,13-14,22,28-29H,4-6,11-12H2,1-3H3/b23-21+. The Hall–Kier alpha value is -3.23. The molecular weight excluding hydrogens is 462 g/mol. The summed E-state index contributed by atoms with van der Waals surface area (Å²) in [5.74, 6) is -1.39. The fourth-order valence-electron chi connectivity index (χ4n) is 3.90. The van der Waals surface area contributed by atoms with Gasteiger partial charge in [-0.05, 0) is 56.2 Å². The minimum atomic E-state index is -0.913. The molecule has 34 heavy (non-hydrogen) atoms. The summed E-state index contributed by atoms with van der Waals surface area (Å²) in [5.41, 5.74) is 0.568. The number of carbonyl (C=O) groups excluding carboxylic acids is 2. The van der Waals surface area contributed by atoms with E-state index in [1.807, 2.05) is 6.92 Å². The van der Waals surface area contributed by atoms with E-state index in [1.165, 1.54) is 17.0 Å². The molecule has 9 heteroatoms. The second kappa shape index (κ2) is 11.3. The number of ketones is 1. The van der Waals surface area contributed by atoms with Crippen LogP contribution >= 0.6 is 11.6 Å². The molecule has 3 rings (SSSR count). The summed E-state index contributed by atoms with van der Waals surface area (Å²) >= 11 is 6.34. The number of benzene rings is 2. The maximum absolute atomic E-state index is 13.2. The van der Waals surface area contributed by atoms with E-state index < -0.39 is 23.5 Å². The topological polar surface area (TPSA) is 106 Å². The summed E-state index contributed by atoms with van der Waals surface area (Å²) in [5, 5.41) is 21.6. The van der Waals surface area contributed by atoms with Crippen LogP contribution in [0.5, 0.6) is 17.2 Å². The zero-order valence-corrected chi connectivity index (χ0v) is 20.1. The van der Waals surface area contributed by atoms with Gasteiger partial charge in [-0.25, -0.2) is 0 Å². The van der Waals surface area contributed by atoms with Crippen molar-refractivity contribution in [3.8, 4) is 17.2 Å². The fraction of sp³-hybridized carbons (Fsp3) is 0.360. The molecule has 0 aromatic heterocycles. The Morgan fingerprint density at radius 2 is 1.82 bits per heavy atom. The van der Waals surface area contributed by atoms with Gasteiger partial charge < -0.3 is 29.3 Å². The normalized spacial score (nSPS) is 17.3. The Bertz CT molecular complexity index is 1100. The van der Waals surface area contributed by atoms with E-state index >= 15 is 0 Å². The number of nitrogens with zero attached hydrogens (tertiary/aromatic N) is 1. The summed E-state index contributed by atoms with van der Waals surface area (Å²) in [6, 6.07) is 8.39. The number of hydrogen-bond acceptors (Lipinski definition) is 7. The van der Waals surface area contributed by atoms with E-state index in [-0.39, 0.29) is 34.2 Å². The summed E-state index contributed by atoms with van der Waals surface area (Å²) in [4.78, 5) is 27.5. The first-order chi connectivity index (χ1) is 16.3. The summed E-state index contributed by atoms with van der Waals surface area (Å²) in [6.45, 7) is 4.91. The molecule has 1 aliphatic rings. The monoisotopic (exact) mass is 489 g/mol. The van der Waals surface area contributed by atoms with Gasteiger partial charge >= 0.3 is 0 Å². The van der Waals surface area contributed by atoms with Crippen molar-refractivity contribution in [1.82, 2.24) is 4.90 Å². The van der Waals surface area contributed by atoms with Gasteiger partial charge in [0, 0.05) is 25.8 Å². The number of Topliss-reactive ketones (excluding diaryl/α,β-unsaturated/α-hetero) is 1. The molecule has 1 amide bonds. The first-order valence-corrected chi connectivity index (χ1v) is 11.4. The molecule has 0 radical (unpaired) electrons. The number of phenolic OH excluding ortho intramolecular Hbond substituents is 1. The molecule has 2 N–H and O–H groups in total. The zero-order chi connectivity index (χ0) is 24.8. The van der Waals surface area contributed by atoms with Crippen LogP contribution in [0.15, 0.2) is 42.0 Å². The first-order valence-electron chi connectivity index (χ1n) is 11.0. The van der Waals surface area contributed by atoms with Crippen LogP contribution in [0, 0.1) is 0 Å². The van der Waals surface area contributed by atoms with Gasteiger partial charge in [-0.1, -0.05) is 17.7 Å². The predicted molar refractivity (Wildman–Crippen MR) is 127 cm³/mol. The van der Waals surface area contributed by atoms with Crippen LogP contribution in [0.25, 0.3) is 5.76 Å². The second-order valence-electron chi connectivity index (χ2n) is 7.57. The van der Waals surface area contributed by atoms with E-state index in [2.05, 4.69) is 0 Å². The van der Waals surface area contributed by atoms with Crippen molar-refractivity contribution in [3.63, 3.8) is 0 Å². The molecule has 8 nitrogen and oxygen atoms in total. The van der Waals surface area contributed by atoms with E-state index in [0.717, 1.165) is 0 Å². The van der Waals surface area contributed by atoms with Crippen molar-refractivity contribution in [1.29, 1.82) is 0 Å². The largest absolute Gasteiger partial charge is 0.507 e. The fourth-order valence-corrected chi connectivity index (χ4v) is 4.10. The summed E-state index contributed by atoms with van der Waals surface area (Å²) in [7, 11) is 1.55. The highest BCUT2D eigenvalue weighted by molar-refractivity contribution is 6.47. The molecule has 0 spiro atoms. The lowest BCUT2D eigenvalue weighted by Crippen LogP contribution is -2.31. The third-order valence-corrected chi connectivity index (χ3v) is 5.72. The molecule has 0 bridgehead atoms. The lowest BCUT2D eigenvalue weighted by molar-refractivity contribution is -0.140. The van der Waals surface area contributed by atoms with Gasteiger partial charge in [0.15, 0.2) is 11.5 Å². The lowest BCUT2D eigenvalue weighted by Gasteiger charge is -2.26. The minimum absolute atomic E-state index is 0.0746. The molecule has 1 atom stereocenters. The Morgan fingerprint density at radius 1 is 1.09 bits per heavy atom. The molecule has 1 aliphatic heterocycles. The molecule has 0 saturated carbocycles. The third-order valence-electron chi connectivity index (χ3n) is 5.39. The third kappa shape index (κ3) is 5.13. The molecule has 1 unspecified atom stereocenters. The van der Waals surface area contributed by atoms with Crippen LogP contribution in [-0.4, -0.2) is 60.3 Å². The smallest absolute Gasteiger partial charge is 0.295 e. The molecule has 1 fully saturated rings. The van der Waals surface area contributed by atoms with Gasteiger partial charge in [-0.15, -0.1) is 0 Å². The number of halogens is 1. The van der Waals surface area contributed by atoms with E-state index in [4.69, 9.17) is 25.8 Å². The van der Waals surface area contributed by atoms with Crippen molar-refractivity contribution in [2.45, 2.75) is 26.3 Å². The average molecular weight is 490 g/mol. The second-order valence-corrected chi connectivity index (χ2v) is 7.98. The maximum Gasteiger partial charge on any atom is 0.295 e. The molecule has 1 heterocycles. The molecule has 0 aliphatic carbocycles. The Labute approximate surface area is 203 Å². The van der Waals surface area contributed by atoms with Gasteiger partial charge in [-0.3, -0.25) is 9.59 Å². The number of hydrogen-bond donors (Lipinski definition) is 2. The number of aliphatic hydroxyl groups excluding tert-OH is 1. The molecule has 2 aromatic rings. The average Bonchev–Trinajstić information content (AvgIpc) is 3.07. The van der Waals surface area contributed by atoms with Crippen molar-refractivity contribution in [3.05, 3.63) is 58.1 Å². The summed E-state index contributed by atoms with van der Waals surface area (Å²) < 4.78 is 16.1. The van der Waals surface area contributed by atoms with Gasteiger partial charge in [0.05, 0.1) is 29.9 Å². The quantitative estimate of drug-likeness (QED) is 0.222. The highest BCUT2D eigenvalue weighted by Gasteiger charge is 2.46. The van der Waals surface area contributed by atoms with Crippen molar-refractivity contribution < 1.29 is 34.0 Å². The first kappa shape index (κ1) is 25.4. The SMILES string of the molecule is CCOc1ccc(Cl)c(/C(O)=C2\C(=O)C(=O)N(CCCOC)C2c2ccc(O)c(OCC)c2)c1. The Balaban J connectivity index is 2.19. The molecule has 182 valence electrons. The maximum atomic E-state index is 13.2. The number of ether oxygens (including phenoxy) is 3. The number of rotatable bonds is 10.